The summed E-state index contributed by atoms with van der Waals surface area (Å²) < 4.78 is 13.6. The van der Waals surface area contributed by atoms with Crippen molar-refractivity contribution in [3.8, 4) is 0 Å². The summed E-state index contributed by atoms with van der Waals surface area (Å²) in [6, 6.07) is 3.76. The van der Waals surface area contributed by atoms with Crippen molar-refractivity contribution in [3.63, 3.8) is 0 Å². The molecule has 6 heteroatoms. The summed E-state index contributed by atoms with van der Waals surface area (Å²) in [5.41, 5.74) is -0.581. The van der Waals surface area contributed by atoms with Crippen molar-refractivity contribution in [1.29, 1.82) is 0 Å². The van der Waals surface area contributed by atoms with Gasteiger partial charge in [0.25, 0.3) is 0 Å². The number of hydrogen-bond acceptors (Lipinski definition) is 2. The van der Waals surface area contributed by atoms with Gasteiger partial charge >= 0.3 is 12.0 Å². The SMILES string of the molecule is Cc1cccc(F)c1NC(=O)NC1(C(=O)O)CCCC1. The van der Waals surface area contributed by atoms with Crippen molar-refractivity contribution >= 4 is 17.7 Å². The molecule has 1 saturated carbocycles. The van der Waals surface area contributed by atoms with Crippen molar-refractivity contribution in [2.45, 2.75) is 38.1 Å². The van der Waals surface area contributed by atoms with E-state index in [4.69, 9.17) is 0 Å². The van der Waals surface area contributed by atoms with Crippen molar-refractivity contribution in [2.24, 2.45) is 0 Å². The minimum absolute atomic E-state index is 0.0727. The first-order valence-electron chi connectivity index (χ1n) is 6.52. The molecule has 3 N–H and O–H groups in total. The minimum Gasteiger partial charge on any atom is -0.480 e. The summed E-state index contributed by atoms with van der Waals surface area (Å²) in [6.45, 7) is 1.67. The smallest absolute Gasteiger partial charge is 0.329 e. The van der Waals surface area contributed by atoms with Crippen LogP contribution in [0.3, 0.4) is 0 Å². The zero-order valence-electron chi connectivity index (χ0n) is 11.2. The lowest BCUT2D eigenvalue weighted by Crippen LogP contribution is -2.53. The highest BCUT2D eigenvalue weighted by Crippen LogP contribution is 2.30. The summed E-state index contributed by atoms with van der Waals surface area (Å²) in [5.74, 6) is -1.59. The number of carboxylic acids is 1. The van der Waals surface area contributed by atoms with Crippen molar-refractivity contribution < 1.29 is 19.1 Å². The van der Waals surface area contributed by atoms with Crippen LogP contribution < -0.4 is 10.6 Å². The third kappa shape index (κ3) is 2.74. The molecular formula is C14H17FN2O3. The molecule has 0 spiro atoms. The van der Waals surface area contributed by atoms with E-state index >= 15 is 0 Å². The number of para-hydroxylation sites is 1. The Kier molecular flexibility index (Phi) is 3.92. The Morgan fingerprint density at radius 1 is 1.30 bits per heavy atom. The summed E-state index contributed by atoms with van der Waals surface area (Å²) in [5, 5.41) is 14.1. The lowest BCUT2D eigenvalue weighted by atomic mass is 9.98. The molecule has 20 heavy (non-hydrogen) atoms. The van der Waals surface area contributed by atoms with Gasteiger partial charge in [-0.25, -0.2) is 14.0 Å². The number of rotatable bonds is 3. The largest absolute Gasteiger partial charge is 0.480 e. The zero-order chi connectivity index (χ0) is 14.8. The van der Waals surface area contributed by atoms with Gasteiger partial charge in [0.2, 0.25) is 0 Å². The molecule has 1 aromatic rings. The first kappa shape index (κ1) is 14.3. The van der Waals surface area contributed by atoms with Crippen LogP contribution in [0.4, 0.5) is 14.9 Å². The number of urea groups is 1. The molecule has 0 aliphatic heterocycles. The Balaban J connectivity index is 2.11. The van der Waals surface area contributed by atoms with Gasteiger partial charge in [-0.3, -0.25) is 0 Å². The lowest BCUT2D eigenvalue weighted by molar-refractivity contribution is -0.144. The lowest BCUT2D eigenvalue weighted by Gasteiger charge is -2.25. The van der Waals surface area contributed by atoms with Crippen LogP contribution in [0.15, 0.2) is 18.2 Å². The van der Waals surface area contributed by atoms with E-state index in [9.17, 15) is 19.1 Å². The van der Waals surface area contributed by atoms with Gasteiger partial charge in [0.1, 0.15) is 11.4 Å². The van der Waals surface area contributed by atoms with Crippen LogP contribution in [-0.2, 0) is 4.79 Å². The Bertz CT molecular complexity index is 519. The quantitative estimate of drug-likeness (QED) is 0.796. The van der Waals surface area contributed by atoms with Crippen LogP contribution in [0.2, 0.25) is 0 Å². The molecule has 2 amide bonds. The molecule has 0 radical (unpaired) electrons. The molecule has 0 bridgehead atoms. The number of anilines is 1. The Labute approximate surface area is 116 Å². The van der Waals surface area contributed by atoms with E-state index < -0.39 is 23.4 Å². The highest BCUT2D eigenvalue weighted by Gasteiger charge is 2.42. The van der Waals surface area contributed by atoms with Gasteiger partial charge in [-0.05, 0) is 31.4 Å². The Morgan fingerprint density at radius 3 is 2.50 bits per heavy atom. The maximum atomic E-state index is 13.6. The second-order valence-corrected chi connectivity index (χ2v) is 5.11. The van der Waals surface area contributed by atoms with Crippen molar-refractivity contribution in [3.05, 3.63) is 29.6 Å². The van der Waals surface area contributed by atoms with Crippen LogP contribution in [-0.4, -0.2) is 22.6 Å². The second-order valence-electron chi connectivity index (χ2n) is 5.11. The maximum Gasteiger partial charge on any atom is 0.329 e. The van der Waals surface area contributed by atoms with Crippen molar-refractivity contribution in [2.75, 3.05) is 5.32 Å². The fraction of sp³-hybridized carbons (Fsp3) is 0.429. The fourth-order valence-electron chi connectivity index (χ4n) is 2.52. The van der Waals surface area contributed by atoms with Gasteiger partial charge in [0.05, 0.1) is 5.69 Å². The number of amides is 2. The number of benzene rings is 1. The summed E-state index contributed by atoms with van der Waals surface area (Å²) in [4.78, 5) is 23.3. The van der Waals surface area contributed by atoms with Crippen molar-refractivity contribution in [1.82, 2.24) is 5.32 Å². The molecule has 1 fully saturated rings. The first-order valence-corrected chi connectivity index (χ1v) is 6.52. The number of carbonyl (C=O) groups is 2. The van der Waals surface area contributed by atoms with Crippen LogP contribution in [0.1, 0.15) is 31.2 Å². The fourth-order valence-corrected chi connectivity index (χ4v) is 2.52. The van der Waals surface area contributed by atoms with Crippen LogP contribution in [0.25, 0.3) is 0 Å². The second kappa shape index (κ2) is 5.48. The summed E-state index contributed by atoms with van der Waals surface area (Å²) in [6.07, 6.45) is 2.30. The normalized spacial score (nSPS) is 16.7. The molecule has 1 aromatic carbocycles. The molecule has 0 atom stereocenters. The van der Waals surface area contributed by atoms with E-state index in [1.54, 1.807) is 19.1 Å². The molecule has 5 nitrogen and oxygen atoms in total. The highest BCUT2D eigenvalue weighted by atomic mass is 19.1. The summed E-state index contributed by atoms with van der Waals surface area (Å²) >= 11 is 0. The summed E-state index contributed by atoms with van der Waals surface area (Å²) in [7, 11) is 0. The predicted octanol–water partition coefficient (Wildman–Crippen LogP) is 2.65. The van der Waals surface area contributed by atoms with Gasteiger partial charge in [-0.15, -0.1) is 0 Å². The third-order valence-corrected chi connectivity index (χ3v) is 3.68. The molecule has 1 aliphatic carbocycles. The standard InChI is InChI=1S/C14H17FN2O3/c1-9-5-4-6-10(15)11(9)16-13(20)17-14(12(18)19)7-2-3-8-14/h4-6H,2-3,7-8H2,1H3,(H,18,19)(H2,16,17,20). The zero-order valence-corrected chi connectivity index (χ0v) is 11.2. The number of nitrogens with one attached hydrogen (secondary N) is 2. The molecular weight excluding hydrogens is 263 g/mol. The number of carbonyl (C=O) groups excluding carboxylic acids is 1. The first-order chi connectivity index (χ1) is 9.44. The van der Waals surface area contributed by atoms with E-state index in [1.165, 1.54) is 6.07 Å². The van der Waals surface area contributed by atoms with Gasteiger partial charge < -0.3 is 15.7 Å². The number of halogens is 1. The van der Waals surface area contributed by atoms with Crippen LogP contribution in [0.5, 0.6) is 0 Å². The average molecular weight is 280 g/mol. The molecule has 0 saturated heterocycles. The monoisotopic (exact) mass is 280 g/mol. The molecule has 2 rings (SSSR count). The number of aryl methyl sites for hydroxylation is 1. The van der Waals surface area contributed by atoms with E-state index in [-0.39, 0.29) is 5.69 Å². The topological polar surface area (TPSA) is 78.4 Å². The molecule has 0 unspecified atom stereocenters. The van der Waals surface area contributed by atoms with E-state index in [1.807, 2.05) is 0 Å². The van der Waals surface area contributed by atoms with E-state index in [0.717, 1.165) is 12.8 Å². The number of hydrogen-bond donors (Lipinski definition) is 3. The minimum atomic E-state index is -1.23. The highest BCUT2D eigenvalue weighted by molar-refractivity contribution is 5.94. The van der Waals surface area contributed by atoms with Gasteiger partial charge in [-0.1, -0.05) is 25.0 Å². The van der Waals surface area contributed by atoms with E-state index in [0.29, 0.717) is 18.4 Å². The molecule has 0 heterocycles. The van der Waals surface area contributed by atoms with Crippen LogP contribution in [0, 0.1) is 12.7 Å². The van der Waals surface area contributed by atoms with E-state index in [2.05, 4.69) is 10.6 Å². The Morgan fingerprint density at radius 2 is 1.95 bits per heavy atom. The third-order valence-electron chi connectivity index (χ3n) is 3.68. The average Bonchev–Trinajstić information content (AvgIpc) is 2.84. The van der Waals surface area contributed by atoms with Gasteiger partial charge in [0.15, 0.2) is 0 Å². The van der Waals surface area contributed by atoms with Gasteiger partial charge in [-0.2, -0.15) is 0 Å². The molecule has 1 aliphatic rings. The molecule has 108 valence electrons. The molecule has 0 aromatic heterocycles. The Hall–Kier alpha value is -2.11. The predicted molar refractivity (Wildman–Crippen MR) is 72.1 cm³/mol. The van der Waals surface area contributed by atoms with Crippen LogP contribution >= 0.6 is 0 Å². The number of aliphatic carboxylic acids is 1. The maximum absolute atomic E-state index is 13.6. The number of carboxylic acid groups (broad SMARTS) is 1. The van der Waals surface area contributed by atoms with Gasteiger partial charge in [0, 0.05) is 0 Å².